The van der Waals surface area contributed by atoms with Crippen molar-refractivity contribution in [1.82, 2.24) is 0 Å². The third-order valence-electron chi connectivity index (χ3n) is 10.3. The molecule has 2 unspecified atom stereocenters. The number of hydrogen-bond donors (Lipinski definition) is 0. The van der Waals surface area contributed by atoms with E-state index in [1.807, 2.05) is 6.08 Å². The molecule has 0 aliphatic rings. The topological polar surface area (TPSA) is 102 Å². The van der Waals surface area contributed by atoms with Gasteiger partial charge in [0.1, 0.15) is 12.6 Å². The average Bonchev–Trinajstić information content (AvgIpc) is 3.17. The Bertz CT molecular complexity index is 1070. The van der Waals surface area contributed by atoms with Gasteiger partial charge in [0.25, 0.3) is 0 Å². The van der Waals surface area contributed by atoms with Crippen molar-refractivity contribution in [3.63, 3.8) is 0 Å². The quantitative estimate of drug-likeness (QED) is 0.0262. The minimum Gasteiger partial charge on any atom is -0.544 e. The van der Waals surface area contributed by atoms with Crippen molar-refractivity contribution in [3.8, 4) is 0 Å². The first-order chi connectivity index (χ1) is 27.6. The maximum absolute atomic E-state index is 12.7. The molecular formula is C49H87NO7. The Morgan fingerprint density at radius 1 is 0.526 bits per heavy atom. The number of carbonyl (C=O) groups is 3. The number of ether oxygens (including phenoxy) is 3. The van der Waals surface area contributed by atoms with Crippen LogP contribution in [-0.4, -0.2) is 75.5 Å². The lowest BCUT2D eigenvalue weighted by atomic mass is 10.0. The molecular weight excluding hydrogens is 715 g/mol. The highest BCUT2D eigenvalue weighted by Gasteiger charge is 2.25. The molecule has 0 aliphatic heterocycles. The van der Waals surface area contributed by atoms with Gasteiger partial charge in [-0.25, -0.2) is 0 Å². The predicted octanol–water partition coefficient (Wildman–Crippen LogP) is 11.5. The van der Waals surface area contributed by atoms with Crippen LogP contribution in [0.4, 0.5) is 0 Å². The molecule has 0 N–H and O–H groups in total. The first-order valence-electron chi connectivity index (χ1n) is 23.2. The van der Waals surface area contributed by atoms with E-state index in [0.717, 1.165) is 64.2 Å². The molecule has 2 atom stereocenters. The summed E-state index contributed by atoms with van der Waals surface area (Å²) in [6, 6.07) is -0.730. The van der Waals surface area contributed by atoms with E-state index in [1.165, 1.54) is 96.3 Å². The van der Waals surface area contributed by atoms with E-state index >= 15 is 0 Å². The fourth-order valence-electron chi connectivity index (χ4n) is 6.67. The number of allylic oxidation sites excluding steroid dienone is 8. The number of unbranched alkanes of at least 4 members (excludes halogenated alkanes) is 22. The van der Waals surface area contributed by atoms with E-state index in [4.69, 9.17) is 14.2 Å². The van der Waals surface area contributed by atoms with Gasteiger partial charge in [-0.15, -0.1) is 0 Å². The van der Waals surface area contributed by atoms with Crippen LogP contribution in [0, 0.1) is 0 Å². The molecule has 330 valence electrons. The van der Waals surface area contributed by atoms with E-state index in [-0.39, 0.29) is 42.7 Å². The van der Waals surface area contributed by atoms with Crippen molar-refractivity contribution >= 4 is 17.9 Å². The van der Waals surface area contributed by atoms with E-state index in [0.29, 0.717) is 12.8 Å². The summed E-state index contributed by atoms with van der Waals surface area (Å²) in [5, 5.41) is 11.6. The van der Waals surface area contributed by atoms with Gasteiger partial charge in [0.2, 0.25) is 0 Å². The maximum Gasteiger partial charge on any atom is 0.306 e. The number of nitrogens with zero attached hydrogens (tertiary/aromatic N) is 1. The molecule has 8 nitrogen and oxygen atoms in total. The predicted molar refractivity (Wildman–Crippen MR) is 236 cm³/mol. The summed E-state index contributed by atoms with van der Waals surface area (Å²) in [5.41, 5.74) is 0. The van der Waals surface area contributed by atoms with Crippen LogP contribution in [0.5, 0.6) is 0 Å². The van der Waals surface area contributed by atoms with Gasteiger partial charge in [0, 0.05) is 19.3 Å². The number of carboxylic acids is 1. The minimum absolute atomic E-state index is 0.0318. The summed E-state index contributed by atoms with van der Waals surface area (Å²) in [6.45, 7) is 4.61. The van der Waals surface area contributed by atoms with Gasteiger partial charge in [0.15, 0.2) is 6.10 Å². The molecule has 0 amide bonds. The molecule has 0 saturated carbocycles. The molecule has 0 rings (SSSR count). The number of aliphatic carboxylic acids is 1. The van der Waals surface area contributed by atoms with E-state index in [1.54, 1.807) is 21.1 Å². The Hall–Kier alpha value is -2.71. The van der Waals surface area contributed by atoms with Crippen LogP contribution in [0.3, 0.4) is 0 Å². The Morgan fingerprint density at radius 3 is 1.40 bits per heavy atom. The fraction of sp³-hybridized carbons (Fsp3) is 0.776. The van der Waals surface area contributed by atoms with Crippen LogP contribution in [0.15, 0.2) is 48.6 Å². The maximum atomic E-state index is 12.7. The van der Waals surface area contributed by atoms with Gasteiger partial charge in [-0.3, -0.25) is 9.59 Å². The Labute approximate surface area is 350 Å². The zero-order valence-electron chi connectivity index (χ0n) is 37.5. The Kier molecular flexibility index (Phi) is 38.2. The minimum atomic E-state index is -1.13. The SMILES string of the molecule is CCCCC/C=C/C=C/C=C/C=C/CCCCCCCC(=O)OC(COCCC(C(=O)[O-])[N+](C)(C)C)COC(=O)CCCCCCCCCCCCCCCCC. The standard InChI is InChI=1S/C49H87NO7/c1-6-8-10-12-14-16-18-20-22-23-24-26-28-30-32-34-36-38-40-48(52)57-45(43-55-42-41-46(49(53)54)50(3,4)5)44-56-47(51)39-37-35-33-31-29-27-25-21-19-17-15-13-11-9-7-2/h14,16,18,20,22-24,26,45-46H,6-13,15,17,19,21,25,27-44H2,1-5H3/b16-14+,20-18+,23-22+,26-24+. The summed E-state index contributed by atoms with van der Waals surface area (Å²) in [4.78, 5) is 36.9. The number of quaternary nitrogens is 1. The van der Waals surface area contributed by atoms with E-state index in [2.05, 4.69) is 56.4 Å². The summed E-state index contributed by atoms with van der Waals surface area (Å²) in [5.74, 6) is -1.76. The number of hydrogen-bond acceptors (Lipinski definition) is 7. The van der Waals surface area contributed by atoms with Crippen molar-refractivity contribution in [3.05, 3.63) is 48.6 Å². The van der Waals surface area contributed by atoms with Gasteiger partial charge in [-0.05, 0) is 38.5 Å². The number of carboxylic acid groups (broad SMARTS) is 1. The van der Waals surface area contributed by atoms with E-state index in [9.17, 15) is 19.5 Å². The zero-order chi connectivity index (χ0) is 42.1. The molecule has 0 aromatic carbocycles. The molecule has 0 aliphatic carbocycles. The number of likely N-dealkylation sites (N-methyl/N-ethyl adjacent to an activating group) is 1. The van der Waals surface area contributed by atoms with Crippen LogP contribution in [0.2, 0.25) is 0 Å². The Morgan fingerprint density at radius 2 is 0.930 bits per heavy atom. The zero-order valence-corrected chi connectivity index (χ0v) is 37.5. The lowest BCUT2D eigenvalue weighted by molar-refractivity contribution is -0.889. The largest absolute Gasteiger partial charge is 0.544 e. The molecule has 0 aromatic heterocycles. The first kappa shape index (κ1) is 54.3. The first-order valence-corrected chi connectivity index (χ1v) is 23.2. The molecule has 0 radical (unpaired) electrons. The highest BCUT2D eigenvalue weighted by atomic mass is 16.6. The third kappa shape index (κ3) is 38.6. The molecule has 8 heteroatoms. The normalized spacial score (nSPS) is 13.4. The second-order valence-corrected chi connectivity index (χ2v) is 16.7. The number of rotatable bonds is 41. The highest BCUT2D eigenvalue weighted by Crippen LogP contribution is 2.15. The smallest absolute Gasteiger partial charge is 0.306 e. The van der Waals surface area contributed by atoms with Gasteiger partial charge in [0.05, 0.1) is 40.3 Å². The van der Waals surface area contributed by atoms with Crippen molar-refractivity contribution in [1.29, 1.82) is 0 Å². The third-order valence-corrected chi connectivity index (χ3v) is 10.3. The monoisotopic (exact) mass is 802 g/mol. The second kappa shape index (κ2) is 40.1. The molecule has 0 saturated heterocycles. The molecule has 0 spiro atoms. The molecule has 57 heavy (non-hydrogen) atoms. The molecule has 0 fully saturated rings. The van der Waals surface area contributed by atoms with Gasteiger partial charge < -0.3 is 28.6 Å². The van der Waals surface area contributed by atoms with Crippen LogP contribution < -0.4 is 5.11 Å². The van der Waals surface area contributed by atoms with E-state index < -0.39 is 18.1 Å². The van der Waals surface area contributed by atoms with Gasteiger partial charge in [-0.2, -0.15) is 0 Å². The van der Waals surface area contributed by atoms with Gasteiger partial charge >= 0.3 is 11.9 Å². The lowest BCUT2D eigenvalue weighted by Crippen LogP contribution is -2.55. The van der Waals surface area contributed by atoms with Crippen molar-refractivity contribution in [2.45, 2.75) is 206 Å². The summed E-state index contributed by atoms with van der Waals surface area (Å²) < 4.78 is 17.2. The van der Waals surface area contributed by atoms with Crippen molar-refractivity contribution in [2.75, 3.05) is 41.0 Å². The fourth-order valence-corrected chi connectivity index (χ4v) is 6.67. The number of carbonyl (C=O) groups excluding carboxylic acids is 3. The second-order valence-electron chi connectivity index (χ2n) is 16.7. The number of esters is 2. The van der Waals surface area contributed by atoms with Crippen LogP contribution >= 0.6 is 0 Å². The van der Waals surface area contributed by atoms with Crippen LogP contribution in [0.1, 0.15) is 194 Å². The summed E-state index contributed by atoms with van der Waals surface area (Å²) >= 11 is 0. The highest BCUT2D eigenvalue weighted by molar-refractivity contribution is 5.70. The Balaban J connectivity index is 4.37. The van der Waals surface area contributed by atoms with Crippen molar-refractivity contribution in [2.24, 2.45) is 0 Å². The average molecular weight is 802 g/mol. The summed E-state index contributed by atoms with van der Waals surface area (Å²) in [6.07, 6.45) is 47.0. The molecule has 0 heterocycles. The summed E-state index contributed by atoms with van der Waals surface area (Å²) in [7, 11) is 5.40. The lowest BCUT2D eigenvalue weighted by Gasteiger charge is -2.34. The van der Waals surface area contributed by atoms with Crippen molar-refractivity contribution < 1.29 is 38.2 Å². The van der Waals surface area contributed by atoms with Gasteiger partial charge in [-0.1, -0.05) is 184 Å². The molecule has 0 bridgehead atoms. The molecule has 0 aromatic rings. The van der Waals surface area contributed by atoms with Crippen LogP contribution in [-0.2, 0) is 28.6 Å². The van der Waals surface area contributed by atoms with Crippen LogP contribution in [0.25, 0.3) is 0 Å².